The Morgan fingerprint density at radius 3 is 2.50 bits per heavy atom. The Kier molecular flexibility index (Phi) is 9.09. The van der Waals surface area contributed by atoms with Gasteiger partial charge in [-0.05, 0) is 91.1 Å². The Morgan fingerprint density at radius 1 is 1.00 bits per heavy atom. The highest BCUT2D eigenvalue weighted by Gasteiger charge is 2.19. The van der Waals surface area contributed by atoms with Crippen LogP contribution < -0.4 is 15.0 Å². The molecule has 214 valence electrons. The maximum Gasteiger partial charge on any atom is 0.282 e. The quantitative estimate of drug-likeness (QED) is 0.151. The van der Waals surface area contributed by atoms with Gasteiger partial charge in [0.1, 0.15) is 18.1 Å². The summed E-state index contributed by atoms with van der Waals surface area (Å²) in [5.74, 6) is 2.07. The molecule has 1 heterocycles. The summed E-state index contributed by atoms with van der Waals surface area (Å²) in [6.45, 7) is 9.12. The maximum absolute atomic E-state index is 13.9. The fourth-order valence-corrected chi connectivity index (χ4v) is 5.13. The van der Waals surface area contributed by atoms with Gasteiger partial charge in [-0.2, -0.15) is 9.78 Å². The van der Waals surface area contributed by atoms with Gasteiger partial charge in [-0.3, -0.25) is 4.79 Å². The van der Waals surface area contributed by atoms with E-state index < -0.39 is 0 Å². The van der Waals surface area contributed by atoms with E-state index in [0.717, 1.165) is 32.5 Å². The van der Waals surface area contributed by atoms with Crippen LogP contribution in [-0.2, 0) is 6.61 Å². The Bertz CT molecular complexity index is 1830. The molecule has 0 saturated carbocycles. The lowest BCUT2D eigenvalue weighted by Gasteiger charge is -2.18. The minimum atomic E-state index is -0.273. The number of benzene rings is 4. The monoisotopic (exact) mass is 643 g/mol. The molecule has 4 aromatic carbocycles. The molecule has 6 nitrogen and oxygen atoms in total. The van der Waals surface area contributed by atoms with Gasteiger partial charge >= 0.3 is 0 Å². The molecule has 0 atom stereocenters. The van der Waals surface area contributed by atoms with Gasteiger partial charge in [-0.1, -0.05) is 65.6 Å². The van der Waals surface area contributed by atoms with Gasteiger partial charge < -0.3 is 9.47 Å². The summed E-state index contributed by atoms with van der Waals surface area (Å²) in [7, 11) is 0. The van der Waals surface area contributed by atoms with Crippen LogP contribution in [0, 0.1) is 6.92 Å². The summed E-state index contributed by atoms with van der Waals surface area (Å²) in [5, 5.41) is 5.69. The first-order valence-electron chi connectivity index (χ1n) is 13.8. The van der Waals surface area contributed by atoms with Crippen molar-refractivity contribution >= 4 is 44.6 Å². The van der Waals surface area contributed by atoms with Crippen LogP contribution in [0.2, 0.25) is 5.02 Å². The van der Waals surface area contributed by atoms with E-state index in [9.17, 15) is 4.79 Å². The standard InChI is InChI=1S/C34H31BrClN3O3/c1-5-41-32-16-22(4)29(18-28(32)21(2)3)33-38-30-9-7-6-8-27(30)34(40)39(33)37-19-24-17-26(36)14-15-31(24)42-20-23-10-12-25(35)13-11-23/h6-19,21H,5,20H2,1-4H3. The summed E-state index contributed by atoms with van der Waals surface area (Å²) in [6, 6.07) is 24.6. The maximum atomic E-state index is 13.9. The van der Waals surface area contributed by atoms with Crippen LogP contribution in [0.5, 0.6) is 11.5 Å². The van der Waals surface area contributed by atoms with Gasteiger partial charge in [0, 0.05) is 20.6 Å². The lowest BCUT2D eigenvalue weighted by atomic mass is 9.96. The normalized spacial score (nSPS) is 11.5. The number of halogens is 2. The highest BCUT2D eigenvalue weighted by molar-refractivity contribution is 9.10. The number of para-hydroxylation sites is 1. The minimum absolute atomic E-state index is 0.201. The third kappa shape index (κ3) is 6.42. The highest BCUT2D eigenvalue weighted by atomic mass is 79.9. The Balaban J connectivity index is 1.63. The first-order valence-corrected chi connectivity index (χ1v) is 14.9. The number of hydrogen-bond acceptors (Lipinski definition) is 5. The Labute approximate surface area is 258 Å². The molecule has 0 aliphatic carbocycles. The van der Waals surface area contributed by atoms with Crippen molar-refractivity contribution in [1.82, 2.24) is 9.66 Å². The van der Waals surface area contributed by atoms with Crippen LogP contribution in [0.4, 0.5) is 0 Å². The molecule has 0 aliphatic rings. The summed E-state index contributed by atoms with van der Waals surface area (Å²) in [6.07, 6.45) is 1.59. The highest BCUT2D eigenvalue weighted by Crippen LogP contribution is 2.34. The molecule has 1 aromatic heterocycles. The minimum Gasteiger partial charge on any atom is -0.494 e. The zero-order valence-corrected chi connectivity index (χ0v) is 26.2. The molecule has 0 radical (unpaired) electrons. The van der Waals surface area contributed by atoms with E-state index >= 15 is 0 Å². The van der Waals surface area contributed by atoms with E-state index in [1.807, 2.05) is 62.4 Å². The van der Waals surface area contributed by atoms with Crippen molar-refractivity contribution in [1.29, 1.82) is 0 Å². The number of aromatic nitrogens is 2. The van der Waals surface area contributed by atoms with Crippen molar-refractivity contribution in [2.24, 2.45) is 5.10 Å². The molecule has 0 unspecified atom stereocenters. The van der Waals surface area contributed by atoms with Crippen molar-refractivity contribution in [3.63, 3.8) is 0 Å². The van der Waals surface area contributed by atoms with Crippen LogP contribution in [0.15, 0.2) is 93.2 Å². The zero-order valence-electron chi connectivity index (χ0n) is 23.9. The summed E-state index contributed by atoms with van der Waals surface area (Å²) >= 11 is 9.82. The molecule has 0 amide bonds. The van der Waals surface area contributed by atoms with E-state index in [1.54, 1.807) is 30.5 Å². The number of rotatable bonds is 9. The topological polar surface area (TPSA) is 65.7 Å². The first kappa shape index (κ1) is 29.5. The van der Waals surface area contributed by atoms with E-state index in [0.29, 0.717) is 46.3 Å². The fraction of sp³-hybridized carbons (Fsp3) is 0.206. The van der Waals surface area contributed by atoms with Crippen molar-refractivity contribution in [3.05, 3.63) is 121 Å². The second kappa shape index (κ2) is 12.9. The summed E-state index contributed by atoms with van der Waals surface area (Å²) in [4.78, 5) is 18.8. The fourth-order valence-electron chi connectivity index (χ4n) is 4.69. The largest absolute Gasteiger partial charge is 0.494 e. The Hall–Kier alpha value is -3.94. The number of hydrogen-bond donors (Lipinski definition) is 0. The Morgan fingerprint density at radius 2 is 1.76 bits per heavy atom. The lowest BCUT2D eigenvalue weighted by Crippen LogP contribution is -2.21. The van der Waals surface area contributed by atoms with Gasteiger partial charge in [0.15, 0.2) is 5.82 Å². The molecule has 0 aliphatic heterocycles. The average molecular weight is 645 g/mol. The van der Waals surface area contributed by atoms with E-state index in [4.69, 9.17) is 26.1 Å². The molecule has 0 fully saturated rings. The molecule has 8 heteroatoms. The zero-order chi connectivity index (χ0) is 29.8. The van der Waals surface area contributed by atoms with Crippen molar-refractivity contribution in [2.75, 3.05) is 6.61 Å². The second-order valence-electron chi connectivity index (χ2n) is 10.2. The van der Waals surface area contributed by atoms with Crippen LogP contribution in [0.1, 0.15) is 48.9 Å². The SMILES string of the molecule is CCOc1cc(C)c(-c2nc3ccccc3c(=O)n2N=Cc2cc(Cl)ccc2OCc2ccc(Br)cc2)cc1C(C)C. The van der Waals surface area contributed by atoms with E-state index in [1.165, 1.54) is 4.68 Å². The molecule has 5 rings (SSSR count). The number of ether oxygens (including phenoxy) is 2. The van der Waals surface area contributed by atoms with Crippen molar-refractivity contribution < 1.29 is 9.47 Å². The number of nitrogens with zero attached hydrogens (tertiary/aromatic N) is 3. The van der Waals surface area contributed by atoms with Crippen LogP contribution in [0.25, 0.3) is 22.3 Å². The molecule has 5 aromatic rings. The molecule has 0 N–H and O–H groups in total. The number of aryl methyl sites for hydroxylation is 1. The van der Waals surface area contributed by atoms with E-state index in [2.05, 4.69) is 40.9 Å². The van der Waals surface area contributed by atoms with Crippen LogP contribution in [0.3, 0.4) is 0 Å². The molecule has 0 bridgehead atoms. The van der Waals surface area contributed by atoms with Gasteiger partial charge in [-0.25, -0.2) is 4.98 Å². The molecular formula is C34H31BrClN3O3. The van der Waals surface area contributed by atoms with Crippen LogP contribution >= 0.6 is 27.5 Å². The van der Waals surface area contributed by atoms with Crippen molar-refractivity contribution in [2.45, 2.75) is 40.2 Å². The molecule has 42 heavy (non-hydrogen) atoms. The van der Waals surface area contributed by atoms with Gasteiger partial charge in [0.25, 0.3) is 5.56 Å². The average Bonchev–Trinajstić information content (AvgIpc) is 2.97. The summed E-state index contributed by atoms with van der Waals surface area (Å²) in [5.41, 5.74) is 4.75. The predicted octanol–water partition coefficient (Wildman–Crippen LogP) is 8.77. The molecule has 0 saturated heterocycles. The van der Waals surface area contributed by atoms with Gasteiger partial charge in [0.05, 0.1) is 23.7 Å². The molecule has 0 spiro atoms. The second-order valence-corrected chi connectivity index (χ2v) is 11.6. The van der Waals surface area contributed by atoms with E-state index in [-0.39, 0.29) is 11.5 Å². The molecular weight excluding hydrogens is 614 g/mol. The van der Waals surface area contributed by atoms with Crippen LogP contribution in [-0.4, -0.2) is 22.5 Å². The number of fused-ring (bicyclic) bond motifs is 1. The third-order valence-corrected chi connectivity index (χ3v) is 7.63. The van der Waals surface area contributed by atoms with Crippen molar-refractivity contribution in [3.8, 4) is 22.9 Å². The predicted molar refractivity (Wildman–Crippen MR) is 174 cm³/mol. The van der Waals surface area contributed by atoms with Gasteiger partial charge in [-0.15, -0.1) is 0 Å². The lowest BCUT2D eigenvalue weighted by molar-refractivity contribution is 0.306. The smallest absolute Gasteiger partial charge is 0.282 e. The van der Waals surface area contributed by atoms with Gasteiger partial charge in [0.2, 0.25) is 0 Å². The first-order chi connectivity index (χ1) is 20.2. The third-order valence-electron chi connectivity index (χ3n) is 6.87. The summed E-state index contributed by atoms with van der Waals surface area (Å²) < 4.78 is 14.4.